The topological polar surface area (TPSA) is 94.4 Å². The van der Waals surface area contributed by atoms with Crippen LogP contribution in [0.4, 0.5) is 15.8 Å². The van der Waals surface area contributed by atoms with Gasteiger partial charge in [-0.1, -0.05) is 38.8 Å². The van der Waals surface area contributed by atoms with Gasteiger partial charge in [-0.2, -0.15) is 5.11 Å². The molecule has 2 aliphatic heterocycles. The molecule has 0 radical (unpaired) electrons. The highest BCUT2D eigenvalue weighted by Crippen LogP contribution is 2.33. The maximum atomic E-state index is 13.9. The quantitative estimate of drug-likeness (QED) is 0.659. The summed E-state index contributed by atoms with van der Waals surface area (Å²) in [6.07, 6.45) is 0. The van der Waals surface area contributed by atoms with E-state index in [4.69, 9.17) is 11.6 Å². The first-order chi connectivity index (χ1) is 14.3. The highest BCUT2D eigenvalue weighted by molar-refractivity contribution is 9.10. The standard InChI is InChI=1S/C19H14BrClFN5O3/c1-9-2-4-11(7-12(9)21)27-18(29)16-17(19(27)30)26(25-24-16)8-15(28)23-14-5-3-10(20)6-13(14)22/h2-7,16-17H,8H2,1H3,(H,23,28). The Morgan fingerprint density at radius 1 is 1.23 bits per heavy atom. The monoisotopic (exact) mass is 493 g/mol. The zero-order chi connectivity index (χ0) is 21.6. The molecule has 0 spiro atoms. The number of rotatable bonds is 4. The zero-order valence-corrected chi connectivity index (χ0v) is 17.8. The van der Waals surface area contributed by atoms with Crippen molar-refractivity contribution >= 4 is 56.6 Å². The summed E-state index contributed by atoms with van der Waals surface area (Å²) >= 11 is 9.26. The van der Waals surface area contributed by atoms with E-state index in [0.717, 1.165) is 15.5 Å². The van der Waals surface area contributed by atoms with Gasteiger partial charge in [-0.25, -0.2) is 9.29 Å². The molecule has 2 atom stereocenters. The summed E-state index contributed by atoms with van der Waals surface area (Å²) < 4.78 is 14.5. The van der Waals surface area contributed by atoms with Crippen molar-refractivity contribution in [3.8, 4) is 0 Å². The predicted molar refractivity (Wildman–Crippen MR) is 111 cm³/mol. The molecular formula is C19H14BrClFN5O3. The smallest absolute Gasteiger partial charge is 0.263 e. The second kappa shape index (κ2) is 7.77. The fourth-order valence-corrected chi connectivity index (χ4v) is 3.76. The lowest BCUT2D eigenvalue weighted by molar-refractivity contribution is -0.123. The molecule has 1 fully saturated rings. The lowest BCUT2D eigenvalue weighted by Crippen LogP contribution is -2.43. The van der Waals surface area contributed by atoms with E-state index in [0.29, 0.717) is 15.2 Å². The molecule has 2 heterocycles. The molecule has 0 saturated carbocycles. The van der Waals surface area contributed by atoms with Crippen molar-refractivity contribution in [3.63, 3.8) is 0 Å². The number of hydrogen-bond acceptors (Lipinski definition) is 6. The van der Waals surface area contributed by atoms with Gasteiger partial charge in [0.25, 0.3) is 11.8 Å². The van der Waals surface area contributed by atoms with Gasteiger partial charge >= 0.3 is 0 Å². The van der Waals surface area contributed by atoms with E-state index in [9.17, 15) is 18.8 Å². The highest BCUT2D eigenvalue weighted by Gasteiger charge is 2.55. The van der Waals surface area contributed by atoms with Crippen molar-refractivity contribution in [2.45, 2.75) is 19.0 Å². The molecule has 0 aromatic heterocycles. The van der Waals surface area contributed by atoms with Crippen LogP contribution in [0.5, 0.6) is 0 Å². The van der Waals surface area contributed by atoms with Crippen LogP contribution in [0.2, 0.25) is 5.02 Å². The number of carbonyl (C=O) groups excluding carboxylic acids is 3. The van der Waals surface area contributed by atoms with E-state index >= 15 is 0 Å². The van der Waals surface area contributed by atoms with Crippen LogP contribution >= 0.6 is 27.5 Å². The third-order valence-electron chi connectivity index (χ3n) is 4.78. The summed E-state index contributed by atoms with van der Waals surface area (Å²) in [5.41, 5.74) is 1.12. The van der Waals surface area contributed by atoms with E-state index in [1.54, 1.807) is 25.1 Å². The third kappa shape index (κ3) is 3.56. The Kier molecular flexibility index (Phi) is 5.29. The van der Waals surface area contributed by atoms with Gasteiger partial charge in [0.1, 0.15) is 12.4 Å². The van der Waals surface area contributed by atoms with Gasteiger partial charge in [0.15, 0.2) is 12.1 Å². The molecule has 0 bridgehead atoms. The Morgan fingerprint density at radius 2 is 2.00 bits per heavy atom. The van der Waals surface area contributed by atoms with Crippen molar-refractivity contribution < 1.29 is 18.8 Å². The highest BCUT2D eigenvalue weighted by atomic mass is 79.9. The largest absolute Gasteiger partial charge is 0.322 e. The Hall–Kier alpha value is -2.85. The van der Waals surface area contributed by atoms with E-state index in [-0.39, 0.29) is 12.2 Å². The summed E-state index contributed by atoms with van der Waals surface area (Å²) in [5, 5.41) is 11.6. The number of carbonyl (C=O) groups is 3. The van der Waals surface area contributed by atoms with Crippen molar-refractivity contribution in [3.05, 3.63) is 57.3 Å². The predicted octanol–water partition coefficient (Wildman–Crippen LogP) is 3.48. The van der Waals surface area contributed by atoms with E-state index in [1.807, 2.05) is 0 Å². The second-order valence-corrected chi connectivity index (χ2v) is 8.13. The maximum Gasteiger partial charge on any atom is 0.263 e. The van der Waals surface area contributed by atoms with Crippen LogP contribution in [-0.4, -0.2) is 41.4 Å². The Morgan fingerprint density at radius 3 is 2.70 bits per heavy atom. The molecule has 2 aromatic rings. The van der Waals surface area contributed by atoms with E-state index in [2.05, 4.69) is 31.6 Å². The number of hydrogen-bond donors (Lipinski definition) is 1. The molecule has 3 amide bonds. The number of anilines is 2. The van der Waals surface area contributed by atoms with Gasteiger partial charge in [0.05, 0.1) is 11.4 Å². The fourth-order valence-electron chi connectivity index (χ4n) is 3.26. The molecule has 154 valence electrons. The first-order valence-electron chi connectivity index (χ1n) is 8.82. The summed E-state index contributed by atoms with van der Waals surface area (Å²) in [6, 6.07) is 6.94. The minimum Gasteiger partial charge on any atom is -0.322 e. The van der Waals surface area contributed by atoms with Crippen molar-refractivity contribution in [1.29, 1.82) is 0 Å². The molecule has 1 saturated heterocycles. The lowest BCUT2D eigenvalue weighted by Gasteiger charge is -2.20. The van der Waals surface area contributed by atoms with Gasteiger partial charge in [-0.05, 0) is 42.8 Å². The van der Waals surface area contributed by atoms with Gasteiger partial charge in [-0.3, -0.25) is 19.4 Å². The van der Waals surface area contributed by atoms with Crippen molar-refractivity contribution in [1.82, 2.24) is 5.01 Å². The van der Waals surface area contributed by atoms with Crippen molar-refractivity contribution in [2.75, 3.05) is 16.8 Å². The molecule has 30 heavy (non-hydrogen) atoms. The molecule has 11 heteroatoms. The van der Waals surface area contributed by atoms with Gasteiger partial charge in [0.2, 0.25) is 5.91 Å². The number of benzene rings is 2. The second-order valence-electron chi connectivity index (χ2n) is 6.81. The van der Waals surface area contributed by atoms with Crippen LogP contribution in [0.15, 0.2) is 51.2 Å². The molecule has 8 nitrogen and oxygen atoms in total. The van der Waals surface area contributed by atoms with Crippen LogP contribution in [-0.2, 0) is 14.4 Å². The summed E-state index contributed by atoms with van der Waals surface area (Å²) in [6.45, 7) is 1.43. The van der Waals surface area contributed by atoms with Crippen LogP contribution < -0.4 is 10.2 Å². The molecular weight excluding hydrogens is 481 g/mol. The summed E-state index contributed by atoms with van der Waals surface area (Å²) in [5.74, 6) is -2.32. The lowest BCUT2D eigenvalue weighted by atomic mass is 10.1. The van der Waals surface area contributed by atoms with E-state index < -0.39 is 35.6 Å². The number of aryl methyl sites for hydroxylation is 1. The van der Waals surface area contributed by atoms with E-state index in [1.165, 1.54) is 18.2 Å². The van der Waals surface area contributed by atoms with Gasteiger partial charge in [-0.15, -0.1) is 0 Å². The maximum absolute atomic E-state index is 13.9. The summed E-state index contributed by atoms with van der Waals surface area (Å²) in [4.78, 5) is 39.0. The normalized spacial score (nSPS) is 20.1. The van der Waals surface area contributed by atoms with Gasteiger partial charge < -0.3 is 5.32 Å². The molecule has 4 rings (SSSR count). The number of imide groups is 1. The molecule has 0 aliphatic carbocycles. The number of halogens is 3. The van der Waals surface area contributed by atoms with Crippen LogP contribution in [0.25, 0.3) is 0 Å². The Labute approximate surface area is 183 Å². The first kappa shape index (κ1) is 20.4. The Balaban J connectivity index is 1.50. The minimum atomic E-state index is -1.05. The molecule has 2 aliphatic rings. The Bertz CT molecular complexity index is 1110. The SMILES string of the molecule is Cc1ccc(N2C(=O)C3N=NN(CC(=O)Nc4ccc(Br)cc4F)C3C2=O)cc1Cl. The van der Waals surface area contributed by atoms with Gasteiger partial charge in [0, 0.05) is 9.50 Å². The molecule has 2 aromatic carbocycles. The van der Waals surface area contributed by atoms with Crippen LogP contribution in [0, 0.1) is 12.7 Å². The number of nitrogens with zero attached hydrogens (tertiary/aromatic N) is 4. The zero-order valence-electron chi connectivity index (χ0n) is 15.5. The van der Waals surface area contributed by atoms with Crippen LogP contribution in [0.1, 0.15) is 5.56 Å². The number of fused-ring (bicyclic) bond motifs is 1. The fraction of sp³-hybridized carbons (Fsp3) is 0.211. The number of amides is 3. The first-order valence-corrected chi connectivity index (χ1v) is 9.99. The minimum absolute atomic E-state index is 0.0133. The third-order valence-corrected chi connectivity index (χ3v) is 5.68. The molecule has 2 unspecified atom stereocenters. The van der Waals surface area contributed by atoms with Crippen molar-refractivity contribution in [2.24, 2.45) is 10.3 Å². The molecule has 1 N–H and O–H groups in total. The summed E-state index contributed by atoms with van der Waals surface area (Å²) in [7, 11) is 0. The average molecular weight is 495 g/mol. The number of nitrogens with one attached hydrogen (secondary N) is 1. The average Bonchev–Trinajstić information content (AvgIpc) is 3.20. The van der Waals surface area contributed by atoms with Crippen LogP contribution in [0.3, 0.4) is 0 Å².